The molecular formula is C11H17NOS. The minimum absolute atomic E-state index is 0.783. The second-order valence-electron chi connectivity index (χ2n) is 3.22. The highest BCUT2D eigenvalue weighted by atomic mass is 32.2. The maximum Gasteiger partial charge on any atom is 0.122 e. The van der Waals surface area contributed by atoms with Crippen LogP contribution in [0.3, 0.4) is 0 Å². The summed E-state index contributed by atoms with van der Waals surface area (Å²) in [7, 11) is 0. The number of anilines is 1. The molecule has 1 rings (SSSR count). The van der Waals surface area contributed by atoms with Gasteiger partial charge >= 0.3 is 0 Å². The Morgan fingerprint density at radius 3 is 2.86 bits per heavy atom. The number of hydrogen-bond acceptors (Lipinski definition) is 3. The summed E-state index contributed by atoms with van der Waals surface area (Å²) in [6.45, 7) is 2.80. The number of hydrogen-bond donors (Lipinski definition) is 1. The average Bonchev–Trinajstić information content (AvgIpc) is 2.15. The molecule has 0 saturated heterocycles. The molecule has 0 saturated carbocycles. The Bertz CT molecular complexity index is 289. The van der Waals surface area contributed by atoms with Gasteiger partial charge in [0.05, 0.1) is 6.61 Å². The van der Waals surface area contributed by atoms with E-state index in [1.54, 1.807) is 0 Å². The third-order valence-electron chi connectivity index (χ3n) is 1.95. The highest BCUT2D eigenvalue weighted by Crippen LogP contribution is 2.20. The average molecular weight is 211 g/mol. The zero-order valence-electron chi connectivity index (χ0n) is 8.75. The van der Waals surface area contributed by atoms with Gasteiger partial charge in [-0.05, 0) is 49.1 Å². The van der Waals surface area contributed by atoms with Gasteiger partial charge in [0.25, 0.3) is 0 Å². The molecule has 0 aliphatic carbocycles. The van der Waals surface area contributed by atoms with Crippen LogP contribution in [-0.2, 0) is 0 Å². The largest absolute Gasteiger partial charge is 0.493 e. The van der Waals surface area contributed by atoms with E-state index in [0.717, 1.165) is 35.8 Å². The molecule has 1 aromatic carbocycles. The second-order valence-corrected chi connectivity index (χ2v) is 4.21. The normalized spacial score (nSPS) is 10.1. The summed E-state index contributed by atoms with van der Waals surface area (Å²) in [6.07, 6.45) is 3.19. The van der Waals surface area contributed by atoms with Crippen molar-refractivity contribution in [2.45, 2.75) is 13.3 Å². The first kappa shape index (κ1) is 11.2. The lowest BCUT2D eigenvalue weighted by molar-refractivity contribution is 0.316. The van der Waals surface area contributed by atoms with Crippen LogP contribution < -0.4 is 10.5 Å². The van der Waals surface area contributed by atoms with E-state index in [4.69, 9.17) is 10.5 Å². The maximum atomic E-state index is 5.64. The standard InChI is InChI=1S/C11H17NOS/c1-9-8-10(12)4-5-11(9)13-6-3-7-14-2/h4-5,8H,3,6-7,12H2,1-2H3. The van der Waals surface area contributed by atoms with Crippen LogP contribution in [0, 0.1) is 6.92 Å². The predicted molar refractivity (Wildman–Crippen MR) is 64.1 cm³/mol. The fourth-order valence-corrected chi connectivity index (χ4v) is 1.63. The summed E-state index contributed by atoms with van der Waals surface area (Å²) >= 11 is 1.84. The molecule has 14 heavy (non-hydrogen) atoms. The van der Waals surface area contributed by atoms with Gasteiger partial charge < -0.3 is 10.5 Å². The number of nitrogens with two attached hydrogens (primary N) is 1. The molecule has 0 atom stereocenters. The van der Waals surface area contributed by atoms with E-state index in [2.05, 4.69) is 6.26 Å². The molecule has 0 fully saturated rings. The molecule has 0 aliphatic rings. The van der Waals surface area contributed by atoms with Crippen LogP contribution in [0.5, 0.6) is 5.75 Å². The van der Waals surface area contributed by atoms with Gasteiger partial charge in [0.1, 0.15) is 5.75 Å². The summed E-state index contributed by atoms with van der Waals surface area (Å²) in [5.41, 5.74) is 7.54. The quantitative estimate of drug-likeness (QED) is 0.601. The van der Waals surface area contributed by atoms with Crippen LogP contribution >= 0.6 is 11.8 Å². The third-order valence-corrected chi connectivity index (χ3v) is 2.65. The van der Waals surface area contributed by atoms with Crippen LogP contribution in [-0.4, -0.2) is 18.6 Å². The zero-order valence-corrected chi connectivity index (χ0v) is 9.56. The Morgan fingerprint density at radius 1 is 1.43 bits per heavy atom. The van der Waals surface area contributed by atoms with Crippen molar-refractivity contribution in [3.63, 3.8) is 0 Å². The molecule has 3 heteroatoms. The number of thioether (sulfide) groups is 1. The minimum Gasteiger partial charge on any atom is -0.493 e. The van der Waals surface area contributed by atoms with Crippen LogP contribution in [0.2, 0.25) is 0 Å². The topological polar surface area (TPSA) is 35.2 Å². The van der Waals surface area contributed by atoms with Crippen LogP contribution in [0.15, 0.2) is 18.2 Å². The van der Waals surface area contributed by atoms with Crippen molar-refractivity contribution in [3.8, 4) is 5.75 Å². The lowest BCUT2D eigenvalue weighted by atomic mass is 10.2. The van der Waals surface area contributed by atoms with Crippen molar-refractivity contribution < 1.29 is 4.74 Å². The Kier molecular flexibility index (Phi) is 4.66. The van der Waals surface area contributed by atoms with Gasteiger partial charge in [-0.25, -0.2) is 0 Å². The molecule has 0 spiro atoms. The van der Waals surface area contributed by atoms with E-state index in [1.165, 1.54) is 0 Å². The Labute approximate surface area is 89.8 Å². The Hall–Kier alpha value is -0.830. The third kappa shape index (κ3) is 3.50. The van der Waals surface area contributed by atoms with E-state index in [-0.39, 0.29) is 0 Å². The van der Waals surface area contributed by atoms with Gasteiger partial charge in [0.2, 0.25) is 0 Å². The lowest BCUT2D eigenvalue weighted by Crippen LogP contribution is -2.00. The van der Waals surface area contributed by atoms with Crippen molar-refractivity contribution in [1.82, 2.24) is 0 Å². The van der Waals surface area contributed by atoms with Gasteiger partial charge in [-0.1, -0.05) is 0 Å². The van der Waals surface area contributed by atoms with E-state index in [9.17, 15) is 0 Å². The molecule has 0 radical (unpaired) electrons. The molecule has 0 unspecified atom stereocenters. The first-order valence-electron chi connectivity index (χ1n) is 4.72. The Morgan fingerprint density at radius 2 is 2.21 bits per heavy atom. The maximum absolute atomic E-state index is 5.64. The van der Waals surface area contributed by atoms with Gasteiger partial charge in [-0.2, -0.15) is 11.8 Å². The van der Waals surface area contributed by atoms with Crippen LogP contribution in [0.25, 0.3) is 0 Å². The summed E-state index contributed by atoms with van der Waals surface area (Å²) in [5.74, 6) is 2.09. The zero-order chi connectivity index (χ0) is 10.4. The molecule has 0 heterocycles. The molecule has 0 bridgehead atoms. The van der Waals surface area contributed by atoms with Crippen molar-refractivity contribution >= 4 is 17.4 Å². The van der Waals surface area contributed by atoms with Crippen molar-refractivity contribution in [2.24, 2.45) is 0 Å². The molecule has 1 aromatic rings. The lowest BCUT2D eigenvalue weighted by Gasteiger charge is -2.08. The second kappa shape index (κ2) is 5.81. The highest BCUT2D eigenvalue weighted by Gasteiger charge is 1.98. The fourth-order valence-electron chi connectivity index (χ4n) is 1.22. The van der Waals surface area contributed by atoms with E-state index in [1.807, 2.05) is 36.9 Å². The summed E-state index contributed by atoms with van der Waals surface area (Å²) in [6, 6.07) is 5.74. The first-order chi connectivity index (χ1) is 6.74. The number of ether oxygens (including phenoxy) is 1. The monoisotopic (exact) mass is 211 g/mol. The molecule has 2 nitrogen and oxygen atoms in total. The highest BCUT2D eigenvalue weighted by molar-refractivity contribution is 7.98. The number of benzene rings is 1. The summed E-state index contributed by atoms with van der Waals surface area (Å²) in [5, 5.41) is 0. The minimum atomic E-state index is 0.783. The number of aryl methyl sites for hydroxylation is 1. The number of rotatable bonds is 5. The molecular weight excluding hydrogens is 194 g/mol. The number of nitrogen functional groups attached to an aromatic ring is 1. The van der Waals surface area contributed by atoms with Gasteiger partial charge in [0, 0.05) is 5.69 Å². The first-order valence-corrected chi connectivity index (χ1v) is 6.11. The molecule has 0 amide bonds. The van der Waals surface area contributed by atoms with Gasteiger partial charge in [-0.3, -0.25) is 0 Å². The molecule has 78 valence electrons. The van der Waals surface area contributed by atoms with Crippen molar-refractivity contribution in [2.75, 3.05) is 24.3 Å². The van der Waals surface area contributed by atoms with Gasteiger partial charge in [-0.15, -0.1) is 0 Å². The molecule has 0 aliphatic heterocycles. The van der Waals surface area contributed by atoms with Crippen LogP contribution in [0.1, 0.15) is 12.0 Å². The Balaban J connectivity index is 2.42. The summed E-state index contributed by atoms with van der Waals surface area (Å²) in [4.78, 5) is 0. The van der Waals surface area contributed by atoms with E-state index in [0.29, 0.717) is 0 Å². The van der Waals surface area contributed by atoms with E-state index >= 15 is 0 Å². The molecule has 0 aromatic heterocycles. The summed E-state index contributed by atoms with van der Waals surface area (Å²) < 4.78 is 5.62. The fraction of sp³-hybridized carbons (Fsp3) is 0.455. The predicted octanol–water partition coefficient (Wildman–Crippen LogP) is 2.71. The van der Waals surface area contributed by atoms with Crippen LogP contribution in [0.4, 0.5) is 5.69 Å². The molecule has 2 N–H and O–H groups in total. The van der Waals surface area contributed by atoms with Gasteiger partial charge in [0.15, 0.2) is 0 Å². The smallest absolute Gasteiger partial charge is 0.122 e. The van der Waals surface area contributed by atoms with E-state index < -0.39 is 0 Å². The van der Waals surface area contributed by atoms with Crippen molar-refractivity contribution in [1.29, 1.82) is 0 Å². The van der Waals surface area contributed by atoms with Crippen molar-refractivity contribution in [3.05, 3.63) is 23.8 Å². The SMILES string of the molecule is CSCCCOc1ccc(N)cc1C.